The Kier molecular flexibility index (Phi) is 21.8. The predicted molar refractivity (Wildman–Crippen MR) is 72.4 cm³/mol. The summed E-state index contributed by atoms with van der Waals surface area (Å²) in [7, 11) is 1.96. The summed E-state index contributed by atoms with van der Waals surface area (Å²) in [4.78, 5) is 0. The van der Waals surface area contributed by atoms with Crippen molar-refractivity contribution in [1.29, 1.82) is 0 Å². The molecule has 0 atom stereocenters. The molecule has 0 radical (unpaired) electrons. The number of rotatable bonds is 6. The maximum absolute atomic E-state index is 10.8. The molecule has 7 nitrogen and oxygen atoms in total. The lowest BCUT2D eigenvalue weighted by Crippen LogP contribution is -1.81. The Balaban J connectivity index is -0.000000200. The third-order valence-corrected chi connectivity index (χ3v) is 3.49. The van der Waals surface area contributed by atoms with Gasteiger partial charge in [0.15, 0.2) is 0 Å². The summed E-state index contributed by atoms with van der Waals surface area (Å²) in [6, 6.07) is 0. The van der Waals surface area contributed by atoms with Gasteiger partial charge < -0.3 is 22.8 Å². The fourth-order valence-electron chi connectivity index (χ4n) is 0.307. The molecule has 18 heavy (non-hydrogen) atoms. The molecular weight excluding hydrogens is 282 g/mol. The Morgan fingerprint density at radius 3 is 1.44 bits per heavy atom. The SMILES string of the molecule is C=CP(=O)(OC)OC.CCOC.CO[PH](=O)OC. The summed E-state index contributed by atoms with van der Waals surface area (Å²) in [5, 5.41) is 0. The molecule has 0 saturated carbocycles. The summed E-state index contributed by atoms with van der Waals surface area (Å²) in [6.45, 7) is 6.04. The van der Waals surface area contributed by atoms with Crippen molar-refractivity contribution in [3.8, 4) is 0 Å². The molecule has 0 aliphatic heterocycles. The number of hydrogen-bond donors (Lipinski definition) is 0. The zero-order chi connectivity index (χ0) is 15.0. The molecule has 0 heterocycles. The van der Waals surface area contributed by atoms with Gasteiger partial charge in [0, 0.05) is 48.0 Å². The Morgan fingerprint density at radius 2 is 1.44 bits per heavy atom. The third-order valence-electron chi connectivity index (χ3n) is 1.35. The highest BCUT2D eigenvalue weighted by Gasteiger charge is 2.13. The van der Waals surface area contributed by atoms with Gasteiger partial charge in [-0.2, -0.15) is 0 Å². The van der Waals surface area contributed by atoms with Crippen LogP contribution in [-0.4, -0.2) is 42.2 Å². The minimum atomic E-state index is -2.90. The molecule has 112 valence electrons. The van der Waals surface area contributed by atoms with E-state index in [-0.39, 0.29) is 0 Å². The van der Waals surface area contributed by atoms with Gasteiger partial charge in [0.25, 0.3) is 0 Å². The zero-order valence-corrected chi connectivity index (χ0v) is 13.7. The molecule has 0 N–H and O–H groups in total. The average molecular weight is 306 g/mol. The van der Waals surface area contributed by atoms with Crippen LogP contribution in [0.2, 0.25) is 0 Å². The van der Waals surface area contributed by atoms with Crippen molar-refractivity contribution >= 4 is 15.9 Å². The topological polar surface area (TPSA) is 80.3 Å². The molecule has 0 unspecified atom stereocenters. The Hall–Kier alpha value is -0.0000000000000000763. The van der Waals surface area contributed by atoms with Crippen LogP contribution in [-0.2, 0) is 32.0 Å². The molecule has 0 amide bonds. The maximum Gasteiger partial charge on any atom is 0.353 e. The molecule has 0 aromatic heterocycles. The first-order valence-corrected chi connectivity index (χ1v) is 7.70. The summed E-state index contributed by atoms with van der Waals surface area (Å²) in [5.41, 5.74) is 0. The van der Waals surface area contributed by atoms with Gasteiger partial charge in [0.2, 0.25) is 0 Å². The van der Waals surface area contributed by atoms with Gasteiger partial charge in [-0.3, -0.25) is 9.13 Å². The van der Waals surface area contributed by atoms with E-state index < -0.39 is 15.9 Å². The Morgan fingerprint density at radius 1 is 1.11 bits per heavy atom. The smallest absolute Gasteiger partial charge is 0.353 e. The Bertz CT molecular complexity index is 229. The lowest BCUT2D eigenvalue weighted by molar-refractivity contribution is 0.215. The second kappa shape index (κ2) is 17.0. The fraction of sp³-hybridized carbons (Fsp3) is 0.778. The molecule has 0 fully saturated rings. The van der Waals surface area contributed by atoms with Crippen LogP contribution in [0, 0.1) is 0 Å². The van der Waals surface area contributed by atoms with Gasteiger partial charge in [-0.05, 0) is 6.92 Å². The Labute approximate surface area is 110 Å². The molecule has 0 saturated heterocycles. The monoisotopic (exact) mass is 306 g/mol. The van der Waals surface area contributed by atoms with Crippen molar-refractivity contribution < 1.29 is 32.0 Å². The highest BCUT2D eigenvalue weighted by Crippen LogP contribution is 2.46. The first-order chi connectivity index (χ1) is 8.40. The molecule has 0 spiro atoms. The normalized spacial score (nSPS) is 9.94. The van der Waals surface area contributed by atoms with Crippen molar-refractivity contribution in [2.45, 2.75) is 6.92 Å². The van der Waals surface area contributed by atoms with Crippen LogP contribution in [0.1, 0.15) is 6.92 Å². The van der Waals surface area contributed by atoms with Crippen LogP contribution in [0.5, 0.6) is 0 Å². The van der Waals surface area contributed by atoms with Crippen LogP contribution in [0.15, 0.2) is 12.4 Å². The average Bonchev–Trinajstić information content (AvgIpc) is 2.46. The van der Waals surface area contributed by atoms with Crippen LogP contribution < -0.4 is 0 Å². The second-order valence-electron chi connectivity index (χ2n) is 2.32. The fourth-order valence-corrected chi connectivity index (χ4v) is 0.921. The summed E-state index contributed by atoms with van der Waals surface area (Å²) in [6.07, 6.45) is 0. The quantitative estimate of drug-likeness (QED) is 0.698. The molecule has 9 heteroatoms. The van der Waals surface area contributed by atoms with Crippen LogP contribution in [0.25, 0.3) is 0 Å². The minimum Gasteiger partial charge on any atom is -0.385 e. The molecule has 0 aromatic rings. The lowest BCUT2D eigenvalue weighted by Gasteiger charge is -2.05. The molecule has 0 bridgehead atoms. The van der Waals surface area contributed by atoms with E-state index >= 15 is 0 Å². The van der Waals surface area contributed by atoms with E-state index in [9.17, 15) is 9.13 Å². The lowest BCUT2D eigenvalue weighted by atomic mass is 10.9. The first kappa shape index (κ1) is 23.1. The van der Waals surface area contributed by atoms with E-state index in [1.54, 1.807) is 7.11 Å². The van der Waals surface area contributed by atoms with Crippen molar-refractivity contribution in [3.63, 3.8) is 0 Å². The summed E-state index contributed by atoms with van der Waals surface area (Å²) < 4.78 is 42.6. The number of methoxy groups -OCH3 is 1. The molecule has 0 aromatic carbocycles. The van der Waals surface area contributed by atoms with E-state index in [4.69, 9.17) is 0 Å². The van der Waals surface area contributed by atoms with Gasteiger partial charge in [0.05, 0.1) is 0 Å². The number of hydrogen-bond acceptors (Lipinski definition) is 7. The van der Waals surface area contributed by atoms with Gasteiger partial charge in [-0.15, -0.1) is 0 Å². The van der Waals surface area contributed by atoms with Crippen molar-refractivity contribution in [2.24, 2.45) is 0 Å². The van der Waals surface area contributed by atoms with Gasteiger partial charge >= 0.3 is 15.9 Å². The second-order valence-corrected chi connectivity index (χ2v) is 5.81. The highest BCUT2D eigenvalue weighted by atomic mass is 31.2. The molecule has 0 aliphatic rings. The third kappa shape index (κ3) is 18.4. The first-order valence-electron chi connectivity index (χ1n) is 4.86. The number of ether oxygens (including phenoxy) is 1. The van der Waals surface area contributed by atoms with Crippen LogP contribution >= 0.6 is 15.9 Å². The van der Waals surface area contributed by atoms with Crippen LogP contribution in [0.4, 0.5) is 0 Å². The standard InChI is InChI=1S/C4H9O3P.C3H8O.C2H7O3P/c1-4-8(5,6-2)7-3;1-3-4-2;1-4-6(3)5-2/h4H,1H2,2-3H3;3H2,1-2H3;6H,1-2H3. The van der Waals surface area contributed by atoms with Crippen molar-refractivity contribution in [2.75, 3.05) is 42.2 Å². The predicted octanol–water partition coefficient (Wildman–Crippen LogP) is 2.94. The van der Waals surface area contributed by atoms with Crippen molar-refractivity contribution in [1.82, 2.24) is 0 Å². The van der Waals surface area contributed by atoms with Gasteiger partial charge in [-0.1, -0.05) is 6.58 Å². The van der Waals surface area contributed by atoms with Gasteiger partial charge in [-0.25, -0.2) is 0 Å². The van der Waals surface area contributed by atoms with E-state index in [0.717, 1.165) is 12.4 Å². The molecule has 0 rings (SSSR count). The van der Waals surface area contributed by atoms with E-state index in [0.29, 0.717) is 0 Å². The maximum atomic E-state index is 10.8. The molecular formula is C9H24O7P2. The zero-order valence-electron chi connectivity index (χ0n) is 11.8. The van der Waals surface area contributed by atoms with E-state index in [2.05, 4.69) is 29.4 Å². The van der Waals surface area contributed by atoms with E-state index in [1.807, 2.05) is 6.92 Å². The molecule has 0 aliphatic carbocycles. The minimum absolute atomic E-state index is 0.819. The van der Waals surface area contributed by atoms with E-state index in [1.165, 1.54) is 28.4 Å². The summed E-state index contributed by atoms with van der Waals surface area (Å²) >= 11 is 0. The van der Waals surface area contributed by atoms with Crippen LogP contribution in [0.3, 0.4) is 0 Å². The summed E-state index contributed by atoms with van der Waals surface area (Å²) in [5.74, 6) is 1.16. The largest absolute Gasteiger partial charge is 0.385 e. The van der Waals surface area contributed by atoms with Crippen molar-refractivity contribution in [3.05, 3.63) is 12.4 Å². The highest BCUT2D eigenvalue weighted by molar-refractivity contribution is 7.57. The van der Waals surface area contributed by atoms with Gasteiger partial charge in [0.1, 0.15) is 0 Å².